The lowest BCUT2D eigenvalue weighted by Gasteiger charge is -2.34. The average molecular weight is 350 g/mol. The monoisotopic (exact) mass is 349 g/mol. The number of piperazine rings is 1. The van der Waals surface area contributed by atoms with Crippen molar-refractivity contribution in [3.63, 3.8) is 0 Å². The molecular weight excluding hydrogens is 334 g/mol. The molecule has 0 atom stereocenters. The van der Waals surface area contributed by atoms with Gasteiger partial charge in [-0.05, 0) is 24.3 Å². The number of thiophene rings is 1. The van der Waals surface area contributed by atoms with Crippen molar-refractivity contribution in [1.29, 1.82) is 0 Å². The van der Waals surface area contributed by atoms with Crippen LogP contribution in [-0.2, 0) is 11.2 Å². The molecule has 2 aromatic rings. The molecule has 0 spiro atoms. The van der Waals surface area contributed by atoms with E-state index in [-0.39, 0.29) is 11.8 Å². The molecule has 0 aromatic carbocycles. The lowest BCUT2D eigenvalue weighted by Crippen LogP contribution is -2.51. The molecule has 0 bridgehead atoms. The van der Waals surface area contributed by atoms with Crippen LogP contribution in [0.5, 0.6) is 0 Å². The molecule has 3 heterocycles. The van der Waals surface area contributed by atoms with Gasteiger partial charge in [-0.3, -0.25) is 14.6 Å². The Hall–Kier alpha value is -1.92. The lowest BCUT2D eigenvalue weighted by molar-refractivity contribution is -0.131. The highest BCUT2D eigenvalue weighted by atomic mass is 35.5. The van der Waals surface area contributed by atoms with Crippen molar-refractivity contribution in [3.05, 3.63) is 51.4 Å². The third-order valence-corrected chi connectivity index (χ3v) is 5.01. The molecule has 0 saturated carbocycles. The Morgan fingerprint density at radius 3 is 2.48 bits per heavy atom. The van der Waals surface area contributed by atoms with Crippen LogP contribution in [0.1, 0.15) is 15.2 Å². The molecule has 23 heavy (non-hydrogen) atoms. The summed E-state index contributed by atoms with van der Waals surface area (Å²) >= 11 is 7.32. The SMILES string of the molecule is O=C(Cc1ccc(Cl)s1)N1CCN(C(=O)c2cccnc2)CC1. The first-order valence-electron chi connectivity index (χ1n) is 7.35. The van der Waals surface area contributed by atoms with E-state index in [1.165, 1.54) is 11.3 Å². The molecule has 7 heteroatoms. The standard InChI is InChI=1S/C16H16ClN3O2S/c17-14-4-3-13(23-14)10-15(21)19-6-8-20(9-7-19)16(22)12-2-1-5-18-11-12/h1-5,11H,6-10H2. The Morgan fingerprint density at radius 1 is 1.13 bits per heavy atom. The number of nitrogens with zero attached hydrogens (tertiary/aromatic N) is 3. The fourth-order valence-electron chi connectivity index (χ4n) is 2.54. The molecule has 2 aromatic heterocycles. The zero-order chi connectivity index (χ0) is 16.2. The van der Waals surface area contributed by atoms with E-state index >= 15 is 0 Å². The van der Waals surface area contributed by atoms with Crippen LogP contribution in [0.3, 0.4) is 0 Å². The van der Waals surface area contributed by atoms with E-state index in [9.17, 15) is 9.59 Å². The molecule has 1 fully saturated rings. The molecule has 1 saturated heterocycles. The van der Waals surface area contributed by atoms with E-state index in [1.807, 2.05) is 6.07 Å². The third-order valence-electron chi connectivity index (χ3n) is 3.78. The highest BCUT2D eigenvalue weighted by Gasteiger charge is 2.25. The van der Waals surface area contributed by atoms with Crippen LogP contribution >= 0.6 is 22.9 Å². The van der Waals surface area contributed by atoms with Crippen molar-refractivity contribution in [2.45, 2.75) is 6.42 Å². The summed E-state index contributed by atoms with van der Waals surface area (Å²) in [5.74, 6) is 0.0484. The van der Waals surface area contributed by atoms with E-state index in [0.29, 0.717) is 42.5 Å². The number of hydrogen-bond acceptors (Lipinski definition) is 4. The second-order valence-electron chi connectivity index (χ2n) is 5.30. The van der Waals surface area contributed by atoms with Crippen molar-refractivity contribution in [1.82, 2.24) is 14.8 Å². The van der Waals surface area contributed by atoms with Crippen LogP contribution in [0.25, 0.3) is 0 Å². The molecule has 1 aliphatic heterocycles. The van der Waals surface area contributed by atoms with Gasteiger partial charge in [-0.25, -0.2) is 0 Å². The summed E-state index contributed by atoms with van der Waals surface area (Å²) in [6, 6.07) is 7.19. The fraction of sp³-hybridized carbons (Fsp3) is 0.312. The zero-order valence-electron chi connectivity index (χ0n) is 12.4. The average Bonchev–Trinajstić information content (AvgIpc) is 3.00. The topological polar surface area (TPSA) is 53.5 Å². The van der Waals surface area contributed by atoms with Gasteiger partial charge < -0.3 is 9.80 Å². The third kappa shape index (κ3) is 3.89. The highest BCUT2D eigenvalue weighted by molar-refractivity contribution is 7.16. The van der Waals surface area contributed by atoms with Gasteiger partial charge in [0.2, 0.25) is 5.91 Å². The number of hydrogen-bond donors (Lipinski definition) is 0. The molecule has 2 amide bonds. The van der Waals surface area contributed by atoms with E-state index < -0.39 is 0 Å². The van der Waals surface area contributed by atoms with Crippen LogP contribution in [0.15, 0.2) is 36.7 Å². The normalized spacial score (nSPS) is 14.8. The van der Waals surface area contributed by atoms with Gasteiger partial charge in [-0.15, -0.1) is 11.3 Å². The maximum atomic E-state index is 12.3. The molecule has 0 aliphatic carbocycles. The minimum absolute atomic E-state index is 0.0322. The highest BCUT2D eigenvalue weighted by Crippen LogP contribution is 2.22. The molecule has 3 rings (SSSR count). The van der Waals surface area contributed by atoms with Crippen molar-refractivity contribution < 1.29 is 9.59 Å². The summed E-state index contributed by atoms with van der Waals surface area (Å²) in [6.45, 7) is 2.21. The van der Waals surface area contributed by atoms with E-state index in [0.717, 1.165) is 4.88 Å². The molecular formula is C16H16ClN3O2S. The second-order valence-corrected chi connectivity index (χ2v) is 7.10. The minimum Gasteiger partial charge on any atom is -0.339 e. The molecule has 0 radical (unpaired) electrons. The number of aromatic nitrogens is 1. The predicted molar refractivity (Wildman–Crippen MR) is 89.8 cm³/mol. The lowest BCUT2D eigenvalue weighted by atomic mass is 10.2. The summed E-state index contributed by atoms with van der Waals surface area (Å²) < 4.78 is 0.694. The Labute approximate surface area is 143 Å². The van der Waals surface area contributed by atoms with Gasteiger partial charge in [0.15, 0.2) is 0 Å². The summed E-state index contributed by atoms with van der Waals surface area (Å²) in [7, 11) is 0. The molecule has 5 nitrogen and oxygen atoms in total. The van der Waals surface area contributed by atoms with E-state index in [4.69, 9.17) is 11.6 Å². The Morgan fingerprint density at radius 2 is 1.87 bits per heavy atom. The Bertz CT molecular complexity index is 696. The van der Waals surface area contributed by atoms with Crippen LogP contribution in [-0.4, -0.2) is 52.8 Å². The molecule has 0 N–H and O–H groups in total. The van der Waals surface area contributed by atoms with Gasteiger partial charge in [0, 0.05) is 43.4 Å². The Balaban J connectivity index is 1.54. The van der Waals surface area contributed by atoms with Gasteiger partial charge in [-0.2, -0.15) is 0 Å². The number of carbonyl (C=O) groups is 2. The molecule has 0 unspecified atom stereocenters. The van der Waals surface area contributed by atoms with Crippen LogP contribution in [0.2, 0.25) is 4.34 Å². The first kappa shape index (κ1) is 16.0. The number of halogens is 1. The maximum absolute atomic E-state index is 12.3. The summed E-state index contributed by atoms with van der Waals surface area (Å²) in [5.41, 5.74) is 0.584. The van der Waals surface area contributed by atoms with Crippen LogP contribution in [0, 0.1) is 0 Å². The van der Waals surface area contributed by atoms with Gasteiger partial charge in [0.05, 0.1) is 16.3 Å². The van der Waals surface area contributed by atoms with Crippen LogP contribution in [0.4, 0.5) is 0 Å². The predicted octanol–water partition coefficient (Wildman–Crippen LogP) is 2.32. The minimum atomic E-state index is -0.0322. The zero-order valence-corrected chi connectivity index (χ0v) is 14.0. The summed E-state index contributed by atoms with van der Waals surface area (Å²) in [4.78, 5) is 33.1. The molecule has 1 aliphatic rings. The number of amides is 2. The van der Waals surface area contributed by atoms with Crippen molar-refractivity contribution in [3.8, 4) is 0 Å². The van der Waals surface area contributed by atoms with E-state index in [2.05, 4.69) is 4.98 Å². The number of carbonyl (C=O) groups excluding carboxylic acids is 2. The Kier molecular flexibility index (Phi) is 4.93. The number of pyridine rings is 1. The van der Waals surface area contributed by atoms with E-state index in [1.54, 1.807) is 40.4 Å². The second kappa shape index (κ2) is 7.10. The fourth-order valence-corrected chi connectivity index (χ4v) is 3.62. The first-order chi connectivity index (χ1) is 11.1. The van der Waals surface area contributed by atoms with Gasteiger partial charge in [-0.1, -0.05) is 11.6 Å². The van der Waals surface area contributed by atoms with Gasteiger partial charge in [0.25, 0.3) is 5.91 Å². The molecule has 120 valence electrons. The van der Waals surface area contributed by atoms with Gasteiger partial charge in [0.1, 0.15) is 0 Å². The maximum Gasteiger partial charge on any atom is 0.255 e. The summed E-state index contributed by atoms with van der Waals surface area (Å²) in [6.07, 6.45) is 3.58. The van der Waals surface area contributed by atoms with Gasteiger partial charge >= 0.3 is 0 Å². The van der Waals surface area contributed by atoms with Crippen molar-refractivity contribution in [2.24, 2.45) is 0 Å². The quantitative estimate of drug-likeness (QED) is 0.854. The first-order valence-corrected chi connectivity index (χ1v) is 8.54. The number of rotatable bonds is 3. The largest absolute Gasteiger partial charge is 0.339 e. The summed E-state index contributed by atoms with van der Waals surface area (Å²) in [5, 5.41) is 0. The van der Waals surface area contributed by atoms with Crippen LogP contribution < -0.4 is 0 Å². The van der Waals surface area contributed by atoms with Crippen molar-refractivity contribution in [2.75, 3.05) is 26.2 Å². The smallest absolute Gasteiger partial charge is 0.255 e. The van der Waals surface area contributed by atoms with Crippen molar-refractivity contribution >= 4 is 34.8 Å².